The van der Waals surface area contributed by atoms with Crippen molar-refractivity contribution in [1.82, 2.24) is 0 Å². The summed E-state index contributed by atoms with van der Waals surface area (Å²) in [7, 11) is 0. The van der Waals surface area contributed by atoms with Crippen molar-refractivity contribution < 1.29 is 14.3 Å². The molecule has 3 heteroatoms. The number of ether oxygens (including phenoxy) is 2. The number of carbonyl (C=O) groups is 1. The van der Waals surface area contributed by atoms with Gasteiger partial charge in [-0.2, -0.15) is 0 Å². The van der Waals surface area contributed by atoms with Gasteiger partial charge in [0.15, 0.2) is 0 Å². The molecule has 0 aliphatic rings. The van der Waals surface area contributed by atoms with Gasteiger partial charge in [0.1, 0.15) is 19.0 Å². The van der Waals surface area contributed by atoms with Gasteiger partial charge in [0, 0.05) is 0 Å². The van der Waals surface area contributed by atoms with Crippen LogP contribution in [0.15, 0.2) is 60.7 Å². The molecule has 2 aromatic carbocycles. The predicted octanol–water partition coefficient (Wildman–Crippen LogP) is 3.84. The molecule has 110 valence electrons. The van der Waals surface area contributed by atoms with Crippen LogP contribution in [0.2, 0.25) is 0 Å². The van der Waals surface area contributed by atoms with E-state index in [2.05, 4.69) is 0 Å². The van der Waals surface area contributed by atoms with Gasteiger partial charge in [-0.3, -0.25) is 4.79 Å². The van der Waals surface area contributed by atoms with Crippen LogP contribution >= 0.6 is 0 Å². The first kappa shape index (κ1) is 15.1. The van der Waals surface area contributed by atoms with E-state index in [0.717, 1.165) is 11.3 Å². The average molecular weight is 284 g/mol. The van der Waals surface area contributed by atoms with Gasteiger partial charge in [0.25, 0.3) is 0 Å². The Morgan fingerprint density at radius 2 is 1.62 bits per heavy atom. The lowest BCUT2D eigenvalue weighted by Gasteiger charge is -2.15. The number of hydrogen-bond donors (Lipinski definition) is 0. The Labute approximate surface area is 125 Å². The van der Waals surface area contributed by atoms with Crippen LogP contribution < -0.4 is 4.74 Å². The Hall–Kier alpha value is -2.29. The second-order valence-electron chi connectivity index (χ2n) is 4.82. The van der Waals surface area contributed by atoms with E-state index < -0.39 is 0 Å². The number of hydrogen-bond acceptors (Lipinski definition) is 3. The smallest absolute Gasteiger partial charge is 0.312 e. The van der Waals surface area contributed by atoms with E-state index in [1.54, 1.807) is 0 Å². The topological polar surface area (TPSA) is 35.5 Å². The Balaban J connectivity index is 1.81. The predicted molar refractivity (Wildman–Crippen MR) is 82.0 cm³/mol. The zero-order valence-corrected chi connectivity index (χ0v) is 12.2. The fourth-order valence-corrected chi connectivity index (χ4v) is 1.91. The monoisotopic (exact) mass is 284 g/mol. The molecule has 1 atom stereocenters. The number of para-hydroxylation sites is 1. The Morgan fingerprint density at radius 1 is 1.00 bits per heavy atom. The van der Waals surface area contributed by atoms with Crippen LogP contribution in [0, 0.1) is 5.92 Å². The first-order chi connectivity index (χ1) is 10.3. The van der Waals surface area contributed by atoms with E-state index in [0.29, 0.717) is 19.6 Å². The molecule has 0 saturated heterocycles. The molecule has 1 unspecified atom stereocenters. The summed E-state index contributed by atoms with van der Waals surface area (Å²) in [5, 5.41) is 0. The molecule has 0 aliphatic heterocycles. The van der Waals surface area contributed by atoms with E-state index in [4.69, 9.17) is 9.47 Å². The molecule has 0 saturated carbocycles. The van der Waals surface area contributed by atoms with E-state index in [-0.39, 0.29) is 11.9 Å². The molecule has 2 aromatic rings. The molecule has 0 bridgehead atoms. The van der Waals surface area contributed by atoms with Crippen molar-refractivity contribution in [3.8, 4) is 5.75 Å². The van der Waals surface area contributed by atoms with Crippen LogP contribution in [0.25, 0.3) is 0 Å². The minimum atomic E-state index is -0.242. The zero-order chi connectivity index (χ0) is 14.9. The summed E-state index contributed by atoms with van der Waals surface area (Å²) in [6, 6.07) is 19.2. The van der Waals surface area contributed by atoms with Gasteiger partial charge < -0.3 is 9.47 Å². The summed E-state index contributed by atoms with van der Waals surface area (Å²) >= 11 is 0. The summed E-state index contributed by atoms with van der Waals surface area (Å²) in [4.78, 5) is 12.1. The molecule has 3 nitrogen and oxygen atoms in total. The van der Waals surface area contributed by atoms with Crippen molar-refractivity contribution in [2.24, 2.45) is 5.92 Å². The summed E-state index contributed by atoms with van der Waals surface area (Å²) in [6.45, 7) is 2.61. The summed E-state index contributed by atoms with van der Waals surface area (Å²) in [5.74, 6) is 0.318. The molecule has 0 N–H and O–H groups in total. The van der Waals surface area contributed by atoms with Crippen molar-refractivity contribution >= 4 is 5.97 Å². The highest BCUT2D eigenvalue weighted by Crippen LogP contribution is 2.13. The molecular weight excluding hydrogens is 264 g/mol. The average Bonchev–Trinajstić information content (AvgIpc) is 2.55. The highest BCUT2D eigenvalue weighted by Gasteiger charge is 2.19. The third-order valence-corrected chi connectivity index (χ3v) is 3.24. The number of benzene rings is 2. The van der Waals surface area contributed by atoms with Gasteiger partial charge in [-0.1, -0.05) is 55.5 Å². The van der Waals surface area contributed by atoms with Gasteiger partial charge in [-0.15, -0.1) is 0 Å². The zero-order valence-electron chi connectivity index (χ0n) is 12.2. The van der Waals surface area contributed by atoms with E-state index in [1.165, 1.54) is 0 Å². The van der Waals surface area contributed by atoms with Gasteiger partial charge in [0.05, 0.1) is 5.92 Å². The first-order valence-corrected chi connectivity index (χ1v) is 7.18. The second kappa shape index (κ2) is 8.10. The van der Waals surface area contributed by atoms with E-state index in [9.17, 15) is 4.79 Å². The summed E-state index contributed by atoms with van der Waals surface area (Å²) in [6.07, 6.45) is 0.695. The molecule has 0 radical (unpaired) electrons. The fraction of sp³-hybridized carbons (Fsp3) is 0.278. The highest BCUT2D eigenvalue weighted by atomic mass is 16.5. The summed E-state index contributed by atoms with van der Waals surface area (Å²) in [5.41, 5.74) is 0.990. The van der Waals surface area contributed by atoms with Crippen molar-refractivity contribution in [2.75, 3.05) is 6.61 Å². The van der Waals surface area contributed by atoms with Crippen LogP contribution in [0.5, 0.6) is 5.75 Å². The molecule has 0 aromatic heterocycles. The van der Waals surface area contributed by atoms with Crippen LogP contribution in [0.3, 0.4) is 0 Å². The lowest BCUT2D eigenvalue weighted by molar-refractivity contribution is -0.151. The Kier molecular flexibility index (Phi) is 5.83. The molecule has 0 amide bonds. The molecule has 0 fully saturated rings. The van der Waals surface area contributed by atoms with E-state index >= 15 is 0 Å². The van der Waals surface area contributed by atoms with Crippen molar-refractivity contribution in [3.05, 3.63) is 66.2 Å². The van der Waals surface area contributed by atoms with Crippen LogP contribution in [-0.2, 0) is 16.1 Å². The van der Waals surface area contributed by atoms with Crippen LogP contribution in [-0.4, -0.2) is 12.6 Å². The standard InChI is InChI=1S/C18H20O3/c1-2-16(14-20-17-11-7-4-8-12-17)18(19)21-13-15-9-5-3-6-10-15/h3-12,16H,2,13-14H2,1H3. The first-order valence-electron chi connectivity index (χ1n) is 7.18. The number of rotatable bonds is 7. The van der Waals surface area contributed by atoms with Crippen LogP contribution in [0.4, 0.5) is 0 Å². The van der Waals surface area contributed by atoms with Gasteiger partial charge in [0.2, 0.25) is 0 Å². The van der Waals surface area contributed by atoms with Crippen molar-refractivity contribution in [3.63, 3.8) is 0 Å². The quantitative estimate of drug-likeness (QED) is 0.725. The fourth-order valence-electron chi connectivity index (χ4n) is 1.91. The van der Waals surface area contributed by atoms with Gasteiger partial charge in [-0.25, -0.2) is 0 Å². The molecular formula is C18H20O3. The molecule has 21 heavy (non-hydrogen) atoms. The largest absolute Gasteiger partial charge is 0.493 e. The van der Waals surface area contributed by atoms with Gasteiger partial charge >= 0.3 is 5.97 Å². The Morgan fingerprint density at radius 3 is 2.24 bits per heavy atom. The summed E-state index contributed by atoms with van der Waals surface area (Å²) < 4.78 is 11.0. The number of esters is 1. The van der Waals surface area contributed by atoms with E-state index in [1.807, 2.05) is 67.6 Å². The lowest BCUT2D eigenvalue weighted by atomic mass is 10.1. The van der Waals surface area contributed by atoms with Crippen molar-refractivity contribution in [1.29, 1.82) is 0 Å². The minimum absolute atomic E-state index is 0.211. The minimum Gasteiger partial charge on any atom is -0.493 e. The third-order valence-electron chi connectivity index (χ3n) is 3.24. The maximum atomic E-state index is 12.1. The SMILES string of the molecule is CCC(COc1ccccc1)C(=O)OCc1ccccc1. The van der Waals surface area contributed by atoms with Crippen molar-refractivity contribution in [2.45, 2.75) is 20.0 Å². The Bertz CT molecular complexity index is 537. The molecule has 0 heterocycles. The van der Waals surface area contributed by atoms with Crippen LogP contribution in [0.1, 0.15) is 18.9 Å². The maximum Gasteiger partial charge on any atom is 0.312 e. The molecule has 0 spiro atoms. The maximum absolute atomic E-state index is 12.1. The molecule has 0 aliphatic carbocycles. The normalized spacial score (nSPS) is 11.7. The second-order valence-corrected chi connectivity index (χ2v) is 4.82. The number of carbonyl (C=O) groups excluding carboxylic acids is 1. The highest BCUT2D eigenvalue weighted by molar-refractivity contribution is 5.72. The third kappa shape index (κ3) is 4.95. The van der Waals surface area contributed by atoms with Gasteiger partial charge in [-0.05, 0) is 24.1 Å². The molecule has 2 rings (SSSR count). The lowest BCUT2D eigenvalue weighted by Crippen LogP contribution is -2.23.